The molecule has 0 radical (unpaired) electrons. The molecule has 0 bridgehead atoms. The summed E-state index contributed by atoms with van der Waals surface area (Å²) in [6, 6.07) is 58.5. The van der Waals surface area contributed by atoms with Crippen molar-refractivity contribution < 1.29 is 0 Å². The third-order valence-corrected chi connectivity index (χ3v) is 12.7. The number of hydrogen-bond acceptors (Lipinski definition) is 2. The third-order valence-electron chi connectivity index (χ3n) is 12.7. The fraction of sp³-hybridized carbons (Fsp3) is 0.107. The Morgan fingerprint density at radius 2 is 1.25 bits per heavy atom. The minimum atomic E-state index is -0.235. The molecule has 0 atom stereocenters. The van der Waals surface area contributed by atoms with E-state index in [1.54, 1.807) is 0 Å². The Morgan fingerprint density at radius 1 is 0.650 bits per heavy atom. The molecule has 7 aromatic carbocycles. The lowest BCUT2D eigenvalue weighted by Crippen LogP contribution is -2.18. The van der Waals surface area contributed by atoms with Crippen LogP contribution in [0.3, 0.4) is 0 Å². The summed E-state index contributed by atoms with van der Waals surface area (Å²) in [4.78, 5) is 9.81. The van der Waals surface area contributed by atoms with Crippen LogP contribution in [-0.2, 0) is 12.0 Å². The van der Waals surface area contributed by atoms with E-state index in [9.17, 15) is 0 Å². The molecule has 2 aliphatic rings. The van der Waals surface area contributed by atoms with Crippen LogP contribution in [0.15, 0.2) is 198 Å². The van der Waals surface area contributed by atoms with E-state index in [0.29, 0.717) is 6.54 Å². The van der Waals surface area contributed by atoms with Crippen LogP contribution in [0.4, 0.5) is 0 Å². The van der Waals surface area contributed by atoms with Gasteiger partial charge in [-0.1, -0.05) is 153 Å². The van der Waals surface area contributed by atoms with Crippen molar-refractivity contribution in [2.24, 2.45) is 9.98 Å². The van der Waals surface area contributed by atoms with Crippen molar-refractivity contribution >= 4 is 67.3 Å². The van der Waals surface area contributed by atoms with Crippen molar-refractivity contribution in [3.8, 4) is 11.4 Å². The number of hydrogen-bond donors (Lipinski definition) is 0. The van der Waals surface area contributed by atoms with Gasteiger partial charge in [0.05, 0.1) is 40.0 Å². The van der Waals surface area contributed by atoms with Gasteiger partial charge in [0.2, 0.25) is 0 Å². The maximum Gasteiger partial charge on any atom is 0.0717 e. The summed E-state index contributed by atoms with van der Waals surface area (Å²) < 4.78 is 5.05. The van der Waals surface area contributed by atoms with Gasteiger partial charge in [0, 0.05) is 43.9 Å². The number of rotatable bonds is 8. The average molecular weight is 773 g/mol. The molecule has 2 heterocycles. The molecule has 4 nitrogen and oxygen atoms in total. The monoisotopic (exact) mass is 772 g/mol. The molecule has 0 unspecified atom stereocenters. The Balaban J connectivity index is 1.22. The topological polar surface area (TPSA) is 34.6 Å². The second-order valence-electron chi connectivity index (χ2n) is 16.5. The first-order valence-corrected chi connectivity index (χ1v) is 20.9. The van der Waals surface area contributed by atoms with E-state index >= 15 is 0 Å². The zero-order valence-electron chi connectivity index (χ0n) is 33.9. The van der Waals surface area contributed by atoms with Crippen molar-refractivity contribution in [2.75, 3.05) is 0 Å². The Kier molecular flexibility index (Phi) is 8.49. The maximum absolute atomic E-state index is 5.14. The van der Waals surface area contributed by atoms with E-state index in [1.165, 1.54) is 65.9 Å². The van der Waals surface area contributed by atoms with E-state index < -0.39 is 0 Å². The molecule has 0 amide bonds. The number of benzene rings is 7. The zero-order chi connectivity index (χ0) is 40.4. The van der Waals surface area contributed by atoms with Gasteiger partial charge in [0.1, 0.15) is 0 Å². The summed E-state index contributed by atoms with van der Waals surface area (Å²) in [5.74, 6) is 0. The van der Waals surface area contributed by atoms with Gasteiger partial charge in [-0.3, -0.25) is 9.98 Å². The molecule has 0 saturated carbocycles. The molecule has 2 aliphatic carbocycles. The van der Waals surface area contributed by atoms with Gasteiger partial charge in [-0.25, -0.2) is 0 Å². The minimum absolute atomic E-state index is 0.235. The van der Waals surface area contributed by atoms with Crippen molar-refractivity contribution in [1.29, 1.82) is 0 Å². The quantitative estimate of drug-likeness (QED) is 0.138. The Bertz CT molecular complexity index is 3300. The van der Waals surface area contributed by atoms with Crippen molar-refractivity contribution in [2.45, 2.75) is 38.6 Å². The van der Waals surface area contributed by atoms with Crippen LogP contribution in [-0.4, -0.2) is 21.6 Å². The lowest BCUT2D eigenvalue weighted by atomic mass is 9.79. The van der Waals surface area contributed by atoms with Crippen LogP contribution >= 0.6 is 0 Å². The van der Waals surface area contributed by atoms with Crippen molar-refractivity contribution in [3.63, 3.8) is 0 Å². The van der Waals surface area contributed by atoms with Crippen LogP contribution in [0.2, 0.25) is 0 Å². The number of para-hydroxylation sites is 3. The van der Waals surface area contributed by atoms with Crippen LogP contribution in [0, 0.1) is 0 Å². The van der Waals surface area contributed by atoms with Crippen LogP contribution in [0.5, 0.6) is 0 Å². The molecule has 0 saturated heterocycles. The first-order valence-electron chi connectivity index (χ1n) is 20.9. The summed E-state index contributed by atoms with van der Waals surface area (Å²) in [5.41, 5.74) is 17.5. The molecule has 0 spiro atoms. The highest BCUT2D eigenvalue weighted by Gasteiger charge is 2.42. The van der Waals surface area contributed by atoms with Crippen LogP contribution in [0.1, 0.15) is 54.5 Å². The highest BCUT2D eigenvalue weighted by molar-refractivity contribution is 6.30. The molecule has 60 heavy (non-hydrogen) atoms. The third kappa shape index (κ3) is 5.51. The molecule has 4 heteroatoms. The second-order valence-corrected chi connectivity index (χ2v) is 16.5. The van der Waals surface area contributed by atoms with Crippen LogP contribution in [0.25, 0.3) is 66.3 Å². The standard InChI is InChI=1S/C56H44N4/c1-56(2)45-31-16-13-28-42(45)50-51-43-29-14-17-32-48(43)59(40-25-11-6-12-26-40)54(51)52-44-30-15-18-33-49(44)60(55(52)53(50)56)41-27-19-24-39(34-41)46(57-3)35-47(38-22-9-5-10-23-38)58-36-37-20-7-4-8-21-37/h4-12,14-27,29-35H,3,13,28,36H2,1-2H3/b46-35-,58-47?. The van der Waals surface area contributed by atoms with E-state index in [2.05, 4.69) is 205 Å². The molecular formula is C56H44N4. The second kappa shape index (κ2) is 14.2. The molecular weight excluding hydrogens is 729 g/mol. The molecule has 0 N–H and O–H groups in total. The molecule has 0 aliphatic heterocycles. The van der Waals surface area contributed by atoms with Gasteiger partial charge in [-0.15, -0.1) is 0 Å². The van der Waals surface area contributed by atoms with Crippen molar-refractivity contribution in [1.82, 2.24) is 9.13 Å². The summed E-state index contributed by atoms with van der Waals surface area (Å²) in [7, 11) is 0. The number of aromatic nitrogens is 2. The van der Waals surface area contributed by atoms with Crippen LogP contribution < -0.4 is 0 Å². The minimum Gasteiger partial charge on any atom is -0.309 e. The Labute approximate surface area is 350 Å². The summed E-state index contributed by atoms with van der Waals surface area (Å²) in [5, 5.41) is 5.16. The smallest absolute Gasteiger partial charge is 0.0717 e. The fourth-order valence-electron chi connectivity index (χ4n) is 10.1. The van der Waals surface area contributed by atoms with Gasteiger partial charge >= 0.3 is 0 Å². The maximum atomic E-state index is 5.14. The lowest BCUT2D eigenvalue weighted by Gasteiger charge is -2.26. The summed E-state index contributed by atoms with van der Waals surface area (Å²) in [6.07, 6.45) is 8.94. The normalized spacial score (nSPS) is 15.0. The van der Waals surface area contributed by atoms with Gasteiger partial charge in [0.15, 0.2) is 0 Å². The summed E-state index contributed by atoms with van der Waals surface area (Å²) >= 11 is 0. The fourth-order valence-corrected chi connectivity index (χ4v) is 10.1. The van der Waals surface area contributed by atoms with E-state index in [1.807, 2.05) is 12.1 Å². The Morgan fingerprint density at radius 3 is 1.97 bits per heavy atom. The lowest BCUT2D eigenvalue weighted by molar-refractivity contribution is 0.655. The van der Waals surface area contributed by atoms with E-state index in [4.69, 9.17) is 4.99 Å². The molecule has 11 rings (SSSR count). The first-order chi connectivity index (χ1) is 29.5. The molecule has 2 aromatic heterocycles. The molecule has 288 valence electrons. The number of allylic oxidation sites excluding steroid dienone is 5. The first kappa shape index (κ1) is 35.8. The van der Waals surface area contributed by atoms with E-state index in [0.717, 1.165) is 52.3 Å². The zero-order valence-corrected chi connectivity index (χ0v) is 33.9. The highest BCUT2D eigenvalue weighted by atomic mass is 15.0. The summed E-state index contributed by atoms with van der Waals surface area (Å²) in [6.45, 7) is 9.54. The van der Waals surface area contributed by atoms with Gasteiger partial charge in [0.25, 0.3) is 0 Å². The number of aliphatic imine (C=N–C) groups is 2. The predicted octanol–water partition coefficient (Wildman–Crippen LogP) is 14.0. The van der Waals surface area contributed by atoms with Gasteiger partial charge in [-0.2, -0.15) is 0 Å². The highest BCUT2D eigenvalue weighted by Crippen LogP contribution is 2.58. The molecule has 9 aromatic rings. The number of fused-ring (bicyclic) bond motifs is 11. The number of nitrogens with zero attached hydrogens (tertiary/aromatic N) is 4. The SMILES string of the molecule is C=N/C(=C\C(=NCc1ccccc1)c1ccccc1)c1cccc(-n2c3ccccc3c3c2c2c(c4c5ccccc5n(-c5ccccc5)c43)C3=C(C=CCC3)C2(C)C)c1. The predicted molar refractivity (Wildman–Crippen MR) is 254 cm³/mol. The van der Waals surface area contributed by atoms with Crippen molar-refractivity contribution in [3.05, 3.63) is 215 Å². The average Bonchev–Trinajstić information content (AvgIpc) is 3.91. The largest absolute Gasteiger partial charge is 0.309 e. The Hall–Kier alpha value is -7.30. The van der Waals surface area contributed by atoms with E-state index in [-0.39, 0.29) is 5.41 Å². The van der Waals surface area contributed by atoms with Gasteiger partial charge < -0.3 is 9.13 Å². The van der Waals surface area contributed by atoms with Gasteiger partial charge in [-0.05, 0) is 95.4 Å². The molecule has 0 fully saturated rings.